The van der Waals surface area contributed by atoms with E-state index in [1.165, 1.54) is 23.1 Å². The quantitative estimate of drug-likeness (QED) is 0.210. The second-order valence-electron chi connectivity index (χ2n) is 7.16. The second-order valence-corrected chi connectivity index (χ2v) is 9.08. The van der Waals surface area contributed by atoms with E-state index in [1.54, 1.807) is 25.7 Å². The number of ether oxygens (including phenoxy) is 1. The Morgan fingerprint density at radius 1 is 1.23 bits per heavy atom. The van der Waals surface area contributed by atoms with Gasteiger partial charge in [-0.2, -0.15) is 10.4 Å². The summed E-state index contributed by atoms with van der Waals surface area (Å²) < 4.78 is 5.16. The standard InChI is InChI=1S/C25H20N6O2S2/c1-16(17-5-7-18(33-2)8-6-17)30-31-24(32)15-35-25-20(13-26)19(23-4-3-11-34-23)12-21(29-25)22-14-27-9-10-28-22/h3-12,14H,15H2,1-2H3,(H,31,32)/b30-16+. The van der Waals surface area contributed by atoms with E-state index in [0.29, 0.717) is 27.7 Å². The van der Waals surface area contributed by atoms with Crippen LogP contribution >= 0.6 is 23.1 Å². The van der Waals surface area contributed by atoms with Gasteiger partial charge in [0, 0.05) is 22.8 Å². The molecular formula is C25H20N6O2S2. The van der Waals surface area contributed by atoms with E-state index in [1.807, 2.05) is 54.8 Å². The Morgan fingerprint density at radius 3 is 2.71 bits per heavy atom. The molecule has 8 nitrogen and oxygen atoms in total. The van der Waals surface area contributed by atoms with Gasteiger partial charge in [0.1, 0.15) is 22.5 Å². The number of aromatic nitrogens is 3. The number of hydrogen-bond acceptors (Lipinski definition) is 9. The highest BCUT2D eigenvalue weighted by atomic mass is 32.2. The van der Waals surface area contributed by atoms with E-state index >= 15 is 0 Å². The molecule has 4 aromatic rings. The Labute approximate surface area is 210 Å². The van der Waals surface area contributed by atoms with Gasteiger partial charge in [0.05, 0.1) is 36.0 Å². The normalized spacial score (nSPS) is 11.1. The lowest BCUT2D eigenvalue weighted by Crippen LogP contribution is -2.21. The lowest BCUT2D eigenvalue weighted by Gasteiger charge is -2.10. The first-order valence-electron chi connectivity index (χ1n) is 10.4. The number of thioether (sulfide) groups is 1. The van der Waals surface area contributed by atoms with E-state index in [2.05, 4.69) is 31.5 Å². The summed E-state index contributed by atoms with van der Waals surface area (Å²) in [6, 6.07) is 15.3. The van der Waals surface area contributed by atoms with E-state index in [9.17, 15) is 10.1 Å². The van der Waals surface area contributed by atoms with Crippen molar-refractivity contribution in [3.63, 3.8) is 0 Å². The molecule has 0 bridgehead atoms. The topological polar surface area (TPSA) is 113 Å². The first-order valence-corrected chi connectivity index (χ1v) is 12.3. The first-order chi connectivity index (χ1) is 17.1. The summed E-state index contributed by atoms with van der Waals surface area (Å²) in [5, 5.41) is 16.5. The van der Waals surface area contributed by atoms with Crippen LogP contribution in [0.2, 0.25) is 0 Å². The van der Waals surface area contributed by atoms with E-state index < -0.39 is 0 Å². The average Bonchev–Trinajstić information content (AvgIpc) is 3.45. The van der Waals surface area contributed by atoms with E-state index in [-0.39, 0.29) is 11.7 Å². The summed E-state index contributed by atoms with van der Waals surface area (Å²) in [6.45, 7) is 1.81. The summed E-state index contributed by atoms with van der Waals surface area (Å²) in [5.74, 6) is 0.471. The predicted molar refractivity (Wildman–Crippen MR) is 137 cm³/mol. The van der Waals surface area contributed by atoms with Gasteiger partial charge in [0.15, 0.2) is 0 Å². The number of hydrazone groups is 1. The van der Waals surface area contributed by atoms with E-state index in [0.717, 1.165) is 21.8 Å². The van der Waals surface area contributed by atoms with Crippen molar-refractivity contribution in [1.29, 1.82) is 5.26 Å². The molecule has 0 aliphatic carbocycles. The number of carbonyl (C=O) groups is 1. The van der Waals surface area contributed by atoms with Gasteiger partial charge in [0.2, 0.25) is 5.91 Å². The molecule has 1 aromatic carbocycles. The highest BCUT2D eigenvalue weighted by Gasteiger charge is 2.18. The van der Waals surface area contributed by atoms with Gasteiger partial charge in [0.25, 0.3) is 0 Å². The number of nitrogens with one attached hydrogen (secondary N) is 1. The number of nitrogens with zero attached hydrogens (tertiary/aromatic N) is 5. The van der Waals surface area contributed by atoms with Crippen LogP contribution < -0.4 is 10.2 Å². The SMILES string of the molecule is COc1ccc(/C(C)=N/NC(=O)CSc2nc(-c3cnccn3)cc(-c3cccs3)c2C#N)cc1. The van der Waals surface area contributed by atoms with Crippen molar-refractivity contribution in [2.45, 2.75) is 11.9 Å². The fraction of sp³-hybridized carbons (Fsp3) is 0.120. The van der Waals surface area contributed by atoms with Crippen molar-refractivity contribution in [1.82, 2.24) is 20.4 Å². The molecule has 1 N–H and O–H groups in total. The average molecular weight is 501 g/mol. The highest BCUT2D eigenvalue weighted by Crippen LogP contribution is 2.35. The number of benzene rings is 1. The number of thiophene rings is 1. The number of amides is 1. The molecule has 3 heterocycles. The number of methoxy groups -OCH3 is 1. The maximum Gasteiger partial charge on any atom is 0.250 e. The zero-order chi connectivity index (χ0) is 24.6. The Morgan fingerprint density at radius 2 is 2.06 bits per heavy atom. The molecule has 1 amide bonds. The molecule has 0 unspecified atom stereocenters. The second kappa shape index (κ2) is 11.4. The van der Waals surface area contributed by atoms with Crippen LogP contribution in [0.15, 0.2) is 76.6 Å². The Kier molecular flexibility index (Phi) is 7.82. The third-order valence-corrected chi connectivity index (χ3v) is 6.78. The van der Waals surface area contributed by atoms with Crippen LogP contribution in [0.1, 0.15) is 18.1 Å². The molecule has 0 aliphatic rings. The number of pyridine rings is 1. The lowest BCUT2D eigenvalue weighted by molar-refractivity contribution is -0.118. The molecule has 0 fully saturated rings. The van der Waals surface area contributed by atoms with Gasteiger partial charge in [-0.05, 0) is 54.3 Å². The third-order valence-electron chi connectivity index (χ3n) is 4.91. The monoisotopic (exact) mass is 500 g/mol. The van der Waals surface area contributed by atoms with Crippen molar-refractivity contribution in [3.05, 3.63) is 77.6 Å². The molecule has 3 aromatic heterocycles. The maximum absolute atomic E-state index is 12.5. The summed E-state index contributed by atoms with van der Waals surface area (Å²) in [4.78, 5) is 26.5. The number of hydrogen-bond donors (Lipinski definition) is 1. The molecular weight excluding hydrogens is 480 g/mol. The van der Waals surface area contributed by atoms with Crippen molar-refractivity contribution < 1.29 is 9.53 Å². The van der Waals surface area contributed by atoms with Crippen molar-refractivity contribution in [3.8, 4) is 33.6 Å². The van der Waals surface area contributed by atoms with Crippen LogP contribution in [-0.2, 0) is 4.79 Å². The van der Waals surface area contributed by atoms with Crippen molar-refractivity contribution in [2.75, 3.05) is 12.9 Å². The molecule has 0 spiro atoms. The Bertz CT molecular complexity index is 1380. The zero-order valence-corrected chi connectivity index (χ0v) is 20.6. The van der Waals surface area contributed by atoms with Crippen LogP contribution in [0.4, 0.5) is 0 Å². The predicted octanol–water partition coefficient (Wildman–Crippen LogP) is 4.78. The molecule has 0 saturated heterocycles. The van der Waals surface area contributed by atoms with E-state index in [4.69, 9.17) is 4.74 Å². The summed E-state index contributed by atoms with van der Waals surface area (Å²) in [7, 11) is 1.60. The summed E-state index contributed by atoms with van der Waals surface area (Å²) in [5.41, 5.74) is 6.42. The molecule has 0 aliphatic heterocycles. The number of nitriles is 1. The van der Waals surface area contributed by atoms with Gasteiger partial charge in [-0.25, -0.2) is 10.4 Å². The molecule has 10 heteroatoms. The van der Waals surface area contributed by atoms with Crippen molar-refractivity contribution in [2.24, 2.45) is 5.10 Å². The summed E-state index contributed by atoms with van der Waals surface area (Å²) in [6.07, 6.45) is 4.79. The van der Waals surface area contributed by atoms with Gasteiger partial charge in [-0.15, -0.1) is 11.3 Å². The fourth-order valence-corrected chi connectivity index (χ4v) is 4.68. The third kappa shape index (κ3) is 5.90. The minimum Gasteiger partial charge on any atom is -0.497 e. The Balaban J connectivity index is 1.54. The minimum absolute atomic E-state index is 0.0366. The van der Waals surface area contributed by atoms with Gasteiger partial charge in [-0.3, -0.25) is 14.8 Å². The van der Waals surface area contributed by atoms with Gasteiger partial charge < -0.3 is 4.74 Å². The fourth-order valence-electron chi connectivity index (χ4n) is 3.13. The number of carbonyl (C=O) groups excluding carboxylic acids is 1. The summed E-state index contributed by atoms with van der Waals surface area (Å²) >= 11 is 2.70. The first kappa shape index (κ1) is 24.1. The minimum atomic E-state index is -0.309. The van der Waals surface area contributed by atoms with Crippen molar-refractivity contribution >= 4 is 34.7 Å². The maximum atomic E-state index is 12.5. The Hall–Kier alpha value is -4.07. The largest absolute Gasteiger partial charge is 0.497 e. The van der Waals surface area contributed by atoms with Gasteiger partial charge in [-0.1, -0.05) is 17.8 Å². The van der Waals surface area contributed by atoms with Gasteiger partial charge >= 0.3 is 0 Å². The number of rotatable bonds is 8. The molecule has 4 rings (SSSR count). The highest BCUT2D eigenvalue weighted by molar-refractivity contribution is 8.00. The smallest absolute Gasteiger partial charge is 0.250 e. The lowest BCUT2D eigenvalue weighted by atomic mass is 10.1. The molecule has 35 heavy (non-hydrogen) atoms. The molecule has 0 atom stereocenters. The zero-order valence-electron chi connectivity index (χ0n) is 18.9. The van der Waals surface area contributed by atoms with Crippen LogP contribution in [0.3, 0.4) is 0 Å². The molecule has 174 valence electrons. The molecule has 0 saturated carbocycles. The molecule has 0 radical (unpaired) electrons. The van der Waals surface area contributed by atoms with Crippen LogP contribution in [-0.4, -0.2) is 39.4 Å². The van der Waals surface area contributed by atoms with Crippen LogP contribution in [0.25, 0.3) is 21.8 Å². The van der Waals surface area contributed by atoms with Crippen LogP contribution in [0, 0.1) is 11.3 Å². The van der Waals surface area contributed by atoms with Crippen LogP contribution in [0.5, 0.6) is 5.75 Å².